The fraction of sp³-hybridized carbons (Fsp3) is 0.750. The van der Waals surface area contributed by atoms with Gasteiger partial charge in [-0.15, -0.1) is 0 Å². The first kappa shape index (κ1) is 10.7. The van der Waals surface area contributed by atoms with Gasteiger partial charge in [0.2, 0.25) is 5.91 Å². The summed E-state index contributed by atoms with van der Waals surface area (Å²) in [7, 11) is 0. The largest absolute Gasteiger partial charge is 0.396 e. The van der Waals surface area contributed by atoms with Gasteiger partial charge in [-0.05, 0) is 19.3 Å². The van der Waals surface area contributed by atoms with Crippen LogP contribution in [0.15, 0.2) is 12.2 Å². The molecule has 2 rings (SSSR count). The Labute approximate surface area is 90.8 Å². The molecule has 1 N–H and O–H groups in total. The van der Waals surface area contributed by atoms with Crippen LogP contribution in [-0.2, 0) is 4.79 Å². The van der Waals surface area contributed by atoms with Crippen molar-refractivity contribution < 1.29 is 9.90 Å². The second-order valence-corrected chi connectivity index (χ2v) is 4.49. The number of aliphatic hydroxyl groups is 1. The van der Waals surface area contributed by atoms with Crippen molar-refractivity contribution in [2.24, 2.45) is 5.92 Å². The zero-order valence-corrected chi connectivity index (χ0v) is 9.06. The molecule has 1 aliphatic carbocycles. The summed E-state index contributed by atoms with van der Waals surface area (Å²) < 4.78 is 0. The smallest absolute Gasteiger partial charge is 0.223 e. The zero-order chi connectivity index (χ0) is 10.7. The van der Waals surface area contributed by atoms with Crippen LogP contribution in [0.2, 0.25) is 0 Å². The molecule has 0 spiro atoms. The first-order valence-corrected chi connectivity index (χ1v) is 5.90. The topological polar surface area (TPSA) is 40.5 Å². The third-order valence-corrected chi connectivity index (χ3v) is 3.46. The van der Waals surface area contributed by atoms with E-state index < -0.39 is 0 Å². The first-order valence-electron chi connectivity index (χ1n) is 5.90. The molecule has 0 aromatic heterocycles. The van der Waals surface area contributed by atoms with Crippen LogP contribution in [0, 0.1) is 5.92 Å². The fourth-order valence-corrected chi connectivity index (χ4v) is 2.55. The minimum absolute atomic E-state index is 0.153. The maximum absolute atomic E-state index is 11.9. The molecular weight excluding hydrogens is 190 g/mol. The SMILES string of the molecule is O=C1CCCCCN1[C@H]1C=CC[C@H]1CO. The average molecular weight is 209 g/mol. The number of allylic oxidation sites excluding steroid dienone is 1. The van der Waals surface area contributed by atoms with Crippen molar-refractivity contribution in [3.05, 3.63) is 12.2 Å². The lowest BCUT2D eigenvalue weighted by Crippen LogP contribution is -2.42. The lowest BCUT2D eigenvalue weighted by molar-refractivity contribution is -0.133. The lowest BCUT2D eigenvalue weighted by atomic mass is 10.0. The van der Waals surface area contributed by atoms with Gasteiger partial charge in [-0.25, -0.2) is 0 Å². The summed E-state index contributed by atoms with van der Waals surface area (Å²) in [6.07, 6.45) is 9.05. The van der Waals surface area contributed by atoms with Gasteiger partial charge in [-0.1, -0.05) is 18.6 Å². The maximum Gasteiger partial charge on any atom is 0.223 e. The van der Waals surface area contributed by atoms with E-state index in [1.807, 2.05) is 4.90 Å². The number of rotatable bonds is 2. The summed E-state index contributed by atoms with van der Waals surface area (Å²) in [5.74, 6) is 0.495. The van der Waals surface area contributed by atoms with E-state index in [-0.39, 0.29) is 24.5 Å². The highest BCUT2D eigenvalue weighted by Gasteiger charge is 2.31. The van der Waals surface area contributed by atoms with E-state index in [0.29, 0.717) is 6.42 Å². The quantitative estimate of drug-likeness (QED) is 0.697. The normalized spacial score (nSPS) is 32.1. The molecule has 3 nitrogen and oxygen atoms in total. The van der Waals surface area contributed by atoms with E-state index in [2.05, 4.69) is 12.2 Å². The molecule has 1 saturated heterocycles. The van der Waals surface area contributed by atoms with Gasteiger partial charge in [-0.3, -0.25) is 4.79 Å². The molecule has 2 aliphatic rings. The number of carbonyl (C=O) groups is 1. The number of aliphatic hydroxyl groups excluding tert-OH is 1. The molecule has 1 fully saturated rings. The van der Waals surface area contributed by atoms with Crippen LogP contribution in [0.3, 0.4) is 0 Å². The number of carbonyl (C=O) groups excluding carboxylic acids is 1. The van der Waals surface area contributed by atoms with Crippen molar-refractivity contribution in [1.82, 2.24) is 4.90 Å². The van der Waals surface area contributed by atoms with E-state index in [1.165, 1.54) is 0 Å². The van der Waals surface area contributed by atoms with Crippen molar-refractivity contribution >= 4 is 5.91 Å². The summed E-state index contributed by atoms with van der Waals surface area (Å²) in [5, 5.41) is 9.25. The molecule has 1 heterocycles. The van der Waals surface area contributed by atoms with Crippen LogP contribution in [0.4, 0.5) is 0 Å². The second kappa shape index (κ2) is 4.79. The minimum Gasteiger partial charge on any atom is -0.396 e. The van der Waals surface area contributed by atoms with Crippen LogP contribution in [0.1, 0.15) is 32.1 Å². The summed E-state index contributed by atoms with van der Waals surface area (Å²) in [6.45, 7) is 1.05. The van der Waals surface area contributed by atoms with E-state index in [4.69, 9.17) is 0 Å². The number of likely N-dealkylation sites (tertiary alicyclic amines) is 1. The molecule has 0 unspecified atom stereocenters. The van der Waals surface area contributed by atoms with Crippen molar-refractivity contribution in [1.29, 1.82) is 0 Å². The van der Waals surface area contributed by atoms with Gasteiger partial charge in [0.25, 0.3) is 0 Å². The molecule has 0 saturated carbocycles. The second-order valence-electron chi connectivity index (χ2n) is 4.49. The molecule has 0 aromatic carbocycles. The summed E-state index contributed by atoms with van der Waals surface area (Å²) in [6, 6.07) is 0.153. The van der Waals surface area contributed by atoms with E-state index in [9.17, 15) is 9.90 Å². The third-order valence-electron chi connectivity index (χ3n) is 3.46. The summed E-state index contributed by atoms with van der Waals surface area (Å²) in [5.41, 5.74) is 0. The standard InChI is InChI=1S/C12H19NO2/c14-9-10-5-4-6-11(10)13-8-3-1-2-7-12(13)15/h4,6,10-11,14H,1-3,5,7-9H2/t10-,11-/m0/s1. The molecular formula is C12H19NO2. The van der Waals surface area contributed by atoms with Crippen molar-refractivity contribution in [3.63, 3.8) is 0 Å². The van der Waals surface area contributed by atoms with E-state index in [1.54, 1.807) is 0 Å². The highest BCUT2D eigenvalue weighted by molar-refractivity contribution is 5.77. The highest BCUT2D eigenvalue weighted by Crippen LogP contribution is 2.26. The average Bonchev–Trinajstić information content (AvgIpc) is 2.61. The monoisotopic (exact) mass is 209 g/mol. The van der Waals surface area contributed by atoms with Crippen LogP contribution in [-0.4, -0.2) is 35.1 Å². The minimum atomic E-state index is 0.153. The molecule has 0 bridgehead atoms. The van der Waals surface area contributed by atoms with Crippen LogP contribution >= 0.6 is 0 Å². The van der Waals surface area contributed by atoms with Gasteiger partial charge in [0, 0.05) is 25.5 Å². The van der Waals surface area contributed by atoms with Crippen molar-refractivity contribution in [3.8, 4) is 0 Å². The lowest BCUT2D eigenvalue weighted by Gasteiger charge is -2.30. The Hall–Kier alpha value is -0.830. The molecule has 0 radical (unpaired) electrons. The molecule has 1 amide bonds. The van der Waals surface area contributed by atoms with E-state index >= 15 is 0 Å². The molecule has 3 heteroatoms. The van der Waals surface area contributed by atoms with Gasteiger partial charge in [0.15, 0.2) is 0 Å². The number of nitrogens with zero attached hydrogens (tertiary/aromatic N) is 1. The Morgan fingerprint density at radius 1 is 1.40 bits per heavy atom. The van der Waals surface area contributed by atoms with Crippen molar-refractivity contribution in [2.45, 2.75) is 38.1 Å². The van der Waals surface area contributed by atoms with Gasteiger partial charge in [-0.2, -0.15) is 0 Å². The Balaban J connectivity index is 2.06. The van der Waals surface area contributed by atoms with E-state index in [0.717, 1.165) is 32.2 Å². The van der Waals surface area contributed by atoms with Gasteiger partial charge in [0.1, 0.15) is 0 Å². The third kappa shape index (κ3) is 2.23. The van der Waals surface area contributed by atoms with Gasteiger partial charge >= 0.3 is 0 Å². The fourth-order valence-electron chi connectivity index (χ4n) is 2.55. The number of hydrogen-bond donors (Lipinski definition) is 1. The molecule has 84 valence electrons. The number of amides is 1. The van der Waals surface area contributed by atoms with Crippen LogP contribution in [0.25, 0.3) is 0 Å². The van der Waals surface area contributed by atoms with Crippen LogP contribution in [0.5, 0.6) is 0 Å². The first-order chi connectivity index (χ1) is 7.33. The summed E-state index contributed by atoms with van der Waals surface area (Å²) >= 11 is 0. The maximum atomic E-state index is 11.9. The van der Waals surface area contributed by atoms with Gasteiger partial charge < -0.3 is 10.0 Å². The Bertz CT molecular complexity index is 262. The van der Waals surface area contributed by atoms with Crippen LogP contribution < -0.4 is 0 Å². The summed E-state index contributed by atoms with van der Waals surface area (Å²) in [4.78, 5) is 13.8. The molecule has 2 atom stereocenters. The molecule has 15 heavy (non-hydrogen) atoms. The molecule has 1 aliphatic heterocycles. The predicted molar refractivity (Wildman–Crippen MR) is 58.3 cm³/mol. The van der Waals surface area contributed by atoms with Gasteiger partial charge in [0.05, 0.1) is 6.04 Å². The number of hydrogen-bond acceptors (Lipinski definition) is 2. The van der Waals surface area contributed by atoms with Crippen molar-refractivity contribution in [2.75, 3.05) is 13.2 Å². The Kier molecular flexibility index (Phi) is 3.41. The highest BCUT2D eigenvalue weighted by atomic mass is 16.3. The Morgan fingerprint density at radius 2 is 2.27 bits per heavy atom. The zero-order valence-electron chi connectivity index (χ0n) is 9.06. The Morgan fingerprint density at radius 3 is 3.07 bits per heavy atom. The predicted octanol–water partition coefficient (Wildman–Crippen LogP) is 1.33. The molecule has 0 aromatic rings.